The molecule has 1 aromatic rings. The van der Waals surface area contributed by atoms with E-state index in [0.717, 1.165) is 48.7 Å². The first-order valence-corrected chi connectivity index (χ1v) is 6.89. The van der Waals surface area contributed by atoms with Crippen LogP contribution in [0.25, 0.3) is 0 Å². The van der Waals surface area contributed by atoms with Gasteiger partial charge in [-0.05, 0) is 15.9 Å². The van der Waals surface area contributed by atoms with Crippen LogP contribution < -0.4 is 15.0 Å². The molecule has 3 rings (SSSR count). The Labute approximate surface area is 113 Å². The van der Waals surface area contributed by atoms with E-state index in [-0.39, 0.29) is 0 Å². The Morgan fingerprint density at radius 2 is 2.47 bits per heavy atom. The first kappa shape index (κ1) is 11.6. The van der Waals surface area contributed by atoms with Gasteiger partial charge in [0.25, 0.3) is 0 Å². The maximum atomic E-state index is 6.07. The minimum Gasteiger partial charge on any atom is -0.490 e. The highest BCUT2D eigenvalue weighted by Gasteiger charge is 2.29. The van der Waals surface area contributed by atoms with Gasteiger partial charge in [-0.1, -0.05) is 11.6 Å². The van der Waals surface area contributed by atoms with Gasteiger partial charge in [-0.25, -0.2) is 4.98 Å². The van der Waals surface area contributed by atoms with E-state index in [9.17, 15) is 0 Å². The van der Waals surface area contributed by atoms with Crippen LogP contribution in [0.15, 0.2) is 10.5 Å². The summed E-state index contributed by atoms with van der Waals surface area (Å²) in [7, 11) is 0. The van der Waals surface area contributed by atoms with Crippen molar-refractivity contribution in [3.8, 4) is 5.75 Å². The molecule has 92 valence electrons. The van der Waals surface area contributed by atoms with Crippen LogP contribution >= 0.6 is 27.5 Å². The SMILES string of the molecule is Clc1nc2c(cc1Br)OCC[C@@H]1CNCCN21. The van der Waals surface area contributed by atoms with Crippen molar-refractivity contribution in [2.24, 2.45) is 0 Å². The van der Waals surface area contributed by atoms with Gasteiger partial charge in [0.05, 0.1) is 11.1 Å². The standard InChI is InChI=1S/C11H13BrClN3O/c12-8-5-9-11(15-10(8)13)16-3-2-14-6-7(16)1-4-17-9/h5,7,14H,1-4,6H2/t7-/m1/s1. The summed E-state index contributed by atoms with van der Waals surface area (Å²) in [4.78, 5) is 6.75. The monoisotopic (exact) mass is 317 g/mol. The third-order valence-corrected chi connectivity index (χ3v) is 4.33. The Balaban J connectivity index is 2.05. The van der Waals surface area contributed by atoms with Gasteiger partial charge in [-0.3, -0.25) is 0 Å². The summed E-state index contributed by atoms with van der Waals surface area (Å²) in [5, 5.41) is 3.89. The van der Waals surface area contributed by atoms with E-state index in [2.05, 4.69) is 31.1 Å². The van der Waals surface area contributed by atoms with Crippen LogP contribution in [0.5, 0.6) is 5.75 Å². The number of ether oxygens (including phenoxy) is 1. The molecule has 4 nitrogen and oxygen atoms in total. The van der Waals surface area contributed by atoms with E-state index in [4.69, 9.17) is 16.3 Å². The number of aromatic nitrogens is 1. The Morgan fingerprint density at radius 3 is 3.35 bits per heavy atom. The molecule has 0 spiro atoms. The fraction of sp³-hybridized carbons (Fsp3) is 0.545. The summed E-state index contributed by atoms with van der Waals surface area (Å²) in [6, 6.07) is 2.37. The number of hydrogen-bond acceptors (Lipinski definition) is 4. The molecule has 1 aromatic heterocycles. The second kappa shape index (κ2) is 4.63. The number of nitrogens with zero attached hydrogens (tertiary/aromatic N) is 2. The van der Waals surface area contributed by atoms with E-state index in [1.807, 2.05) is 6.07 Å². The van der Waals surface area contributed by atoms with Crippen molar-refractivity contribution in [1.29, 1.82) is 0 Å². The summed E-state index contributed by atoms with van der Waals surface area (Å²) in [6.07, 6.45) is 1.01. The normalized spacial score (nSPS) is 23.4. The highest BCUT2D eigenvalue weighted by Crippen LogP contribution is 2.36. The van der Waals surface area contributed by atoms with Gasteiger partial charge in [0.15, 0.2) is 11.6 Å². The molecule has 0 radical (unpaired) electrons. The van der Waals surface area contributed by atoms with Crippen LogP contribution in [0.2, 0.25) is 5.15 Å². The van der Waals surface area contributed by atoms with Crippen LogP contribution in [-0.2, 0) is 0 Å². The minimum absolute atomic E-state index is 0.453. The summed E-state index contributed by atoms with van der Waals surface area (Å²) < 4.78 is 6.54. The van der Waals surface area contributed by atoms with Gasteiger partial charge < -0.3 is 15.0 Å². The molecule has 0 amide bonds. The lowest BCUT2D eigenvalue weighted by atomic mass is 10.1. The maximum absolute atomic E-state index is 6.07. The van der Waals surface area contributed by atoms with Crippen LogP contribution in [0.1, 0.15) is 6.42 Å². The van der Waals surface area contributed by atoms with Crippen molar-refractivity contribution < 1.29 is 4.74 Å². The zero-order valence-corrected chi connectivity index (χ0v) is 11.6. The smallest absolute Gasteiger partial charge is 0.173 e. The summed E-state index contributed by atoms with van der Waals surface area (Å²) in [5.74, 6) is 1.70. The molecule has 0 bridgehead atoms. The predicted molar refractivity (Wildman–Crippen MR) is 71.1 cm³/mol. The molecule has 0 saturated carbocycles. The Hall–Kier alpha value is -0.520. The molecule has 17 heavy (non-hydrogen) atoms. The number of halogens is 2. The molecule has 1 fully saturated rings. The molecule has 0 unspecified atom stereocenters. The second-order valence-electron chi connectivity index (χ2n) is 4.27. The van der Waals surface area contributed by atoms with Crippen LogP contribution in [0, 0.1) is 0 Å². The maximum Gasteiger partial charge on any atom is 0.173 e. The molecular weight excluding hydrogens is 305 g/mol. The number of fused-ring (bicyclic) bond motifs is 3. The molecule has 1 atom stereocenters. The average Bonchev–Trinajstić information content (AvgIpc) is 2.50. The quantitative estimate of drug-likeness (QED) is 0.743. The first-order chi connectivity index (χ1) is 8.25. The average molecular weight is 319 g/mol. The number of nitrogens with one attached hydrogen (secondary N) is 1. The summed E-state index contributed by atoms with van der Waals surface area (Å²) in [5.41, 5.74) is 0. The van der Waals surface area contributed by atoms with Crippen molar-refractivity contribution in [2.75, 3.05) is 31.1 Å². The number of piperazine rings is 1. The van der Waals surface area contributed by atoms with E-state index in [1.165, 1.54) is 0 Å². The second-order valence-corrected chi connectivity index (χ2v) is 5.48. The van der Waals surface area contributed by atoms with Gasteiger partial charge in [0.2, 0.25) is 0 Å². The zero-order valence-electron chi connectivity index (χ0n) is 9.25. The van der Waals surface area contributed by atoms with E-state index in [0.29, 0.717) is 11.2 Å². The molecular formula is C11H13BrClN3O. The topological polar surface area (TPSA) is 37.4 Å². The van der Waals surface area contributed by atoms with E-state index >= 15 is 0 Å². The van der Waals surface area contributed by atoms with Gasteiger partial charge in [-0.2, -0.15) is 0 Å². The van der Waals surface area contributed by atoms with Crippen LogP contribution in [0.4, 0.5) is 5.82 Å². The van der Waals surface area contributed by atoms with Gasteiger partial charge in [0, 0.05) is 38.2 Å². The summed E-state index contributed by atoms with van der Waals surface area (Å²) >= 11 is 9.46. The number of pyridine rings is 1. The number of anilines is 1. The molecule has 2 aliphatic heterocycles. The van der Waals surface area contributed by atoms with Crippen LogP contribution in [0.3, 0.4) is 0 Å². The highest BCUT2D eigenvalue weighted by atomic mass is 79.9. The molecule has 0 aliphatic carbocycles. The predicted octanol–water partition coefficient (Wildman–Crippen LogP) is 2.06. The van der Waals surface area contributed by atoms with Crippen molar-refractivity contribution in [3.05, 3.63) is 15.7 Å². The fourth-order valence-electron chi connectivity index (χ4n) is 2.36. The molecule has 3 heterocycles. The zero-order chi connectivity index (χ0) is 11.8. The van der Waals surface area contributed by atoms with Crippen LogP contribution in [-0.4, -0.2) is 37.3 Å². The van der Waals surface area contributed by atoms with E-state index < -0.39 is 0 Å². The van der Waals surface area contributed by atoms with E-state index in [1.54, 1.807) is 0 Å². The number of rotatable bonds is 0. The lowest BCUT2D eigenvalue weighted by Gasteiger charge is -2.35. The van der Waals surface area contributed by atoms with Crippen molar-refractivity contribution in [3.63, 3.8) is 0 Å². The lowest BCUT2D eigenvalue weighted by molar-refractivity contribution is 0.303. The third-order valence-electron chi connectivity index (χ3n) is 3.21. The molecule has 0 aromatic carbocycles. The molecule has 1 N–H and O–H groups in total. The van der Waals surface area contributed by atoms with Crippen molar-refractivity contribution >= 4 is 33.3 Å². The molecule has 2 aliphatic rings. The Morgan fingerprint density at radius 1 is 1.59 bits per heavy atom. The highest BCUT2D eigenvalue weighted by molar-refractivity contribution is 9.10. The Kier molecular flexibility index (Phi) is 3.15. The van der Waals surface area contributed by atoms with Gasteiger partial charge >= 0.3 is 0 Å². The summed E-state index contributed by atoms with van der Waals surface area (Å²) in [6.45, 7) is 3.64. The van der Waals surface area contributed by atoms with Crippen molar-refractivity contribution in [1.82, 2.24) is 10.3 Å². The first-order valence-electron chi connectivity index (χ1n) is 5.72. The Bertz CT molecular complexity index is 443. The lowest BCUT2D eigenvalue weighted by Crippen LogP contribution is -2.51. The third kappa shape index (κ3) is 2.11. The van der Waals surface area contributed by atoms with Gasteiger partial charge in [0.1, 0.15) is 5.15 Å². The number of hydrogen-bond donors (Lipinski definition) is 1. The molecule has 6 heteroatoms. The minimum atomic E-state index is 0.453. The van der Waals surface area contributed by atoms with Crippen molar-refractivity contribution in [2.45, 2.75) is 12.5 Å². The van der Waals surface area contributed by atoms with Gasteiger partial charge in [-0.15, -0.1) is 0 Å². The largest absolute Gasteiger partial charge is 0.490 e. The fourth-order valence-corrected chi connectivity index (χ4v) is 2.79. The molecule has 1 saturated heterocycles.